The summed E-state index contributed by atoms with van der Waals surface area (Å²) in [5.74, 6) is 0.0846. The number of nitrogens with one attached hydrogen (secondary N) is 1. The van der Waals surface area contributed by atoms with Crippen LogP contribution in [0.1, 0.15) is 39.2 Å². The van der Waals surface area contributed by atoms with Crippen LogP contribution in [0.2, 0.25) is 0 Å². The molecule has 1 saturated heterocycles. The van der Waals surface area contributed by atoms with Gasteiger partial charge in [0.1, 0.15) is 5.82 Å². The van der Waals surface area contributed by atoms with Crippen molar-refractivity contribution >= 4 is 23.3 Å². The van der Waals surface area contributed by atoms with Crippen LogP contribution in [-0.2, 0) is 9.59 Å². The third-order valence-corrected chi connectivity index (χ3v) is 4.47. The van der Waals surface area contributed by atoms with E-state index in [4.69, 9.17) is 5.73 Å². The minimum absolute atomic E-state index is 0.121. The van der Waals surface area contributed by atoms with Crippen molar-refractivity contribution in [3.63, 3.8) is 0 Å². The first-order chi connectivity index (χ1) is 10.8. The molecule has 1 aliphatic heterocycles. The summed E-state index contributed by atoms with van der Waals surface area (Å²) in [5, 5.41) is 2.63. The molecule has 0 spiro atoms. The number of carbonyl (C=O) groups is 2. The Morgan fingerprint density at radius 2 is 2.09 bits per heavy atom. The lowest BCUT2D eigenvalue weighted by molar-refractivity contribution is -0.147. The number of nitrogen functional groups attached to an aromatic ring is 1. The molecule has 0 radical (unpaired) electrons. The van der Waals surface area contributed by atoms with E-state index < -0.39 is 11.8 Å². The first kappa shape index (κ1) is 17.2. The van der Waals surface area contributed by atoms with Crippen molar-refractivity contribution in [2.75, 3.05) is 17.6 Å². The summed E-state index contributed by atoms with van der Waals surface area (Å²) in [6.45, 7) is 8.73. The lowest BCUT2D eigenvalue weighted by Gasteiger charge is -2.40. The van der Waals surface area contributed by atoms with Gasteiger partial charge < -0.3 is 16.0 Å². The van der Waals surface area contributed by atoms with Crippen molar-refractivity contribution in [3.05, 3.63) is 17.8 Å². The Kier molecular flexibility index (Phi) is 5.23. The van der Waals surface area contributed by atoms with Crippen molar-refractivity contribution < 1.29 is 9.59 Å². The van der Waals surface area contributed by atoms with E-state index in [0.717, 1.165) is 18.4 Å². The maximum Gasteiger partial charge on any atom is 0.313 e. The van der Waals surface area contributed by atoms with Crippen LogP contribution in [0, 0.1) is 18.8 Å². The molecule has 0 bridgehead atoms. The molecule has 6 nitrogen and oxygen atoms in total. The highest BCUT2D eigenvalue weighted by Gasteiger charge is 2.34. The van der Waals surface area contributed by atoms with Crippen molar-refractivity contribution in [2.45, 2.75) is 46.6 Å². The molecule has 0 saturated carbocycles. The summed E-state index contributed by atoms with van der Waals surface area (Å²) in [5.41, 5.74) is 6.92. The number of pyridine rings is 1. The van der Waals surface area contributed by atoms with Gasteiger partial charge in [0, 0.05) is 12.6 Å². The Balaban J connectivity index is 2.10. The number of piperidine rings is 1. The number of rotatable bonds is 2. The van der Waals surface area contributed by atoms with E-state index in [0.29, 0.717) is 29.9 Å². The highest BCUT2D eigenvalue weighted by Crippen LogP contribution is 2.26. The van der Waals surface area contributed by atoms with Crippen LogP contribution < -0.4 is 11.1 Å². The molecular formula is C17H26N4O2. The minimum Gasteiger partial charge on any atom is -0.383 e. The maximum absolute atomic E-state index is 12.6. The Morgan fingerprint density at radius 1 is 1.39 bits per heavy atom. The molecule has 126 valence electrons. The van der Waals surface area contributed by atoms with Gasteiger partial charge in [0.2, 0.25) is 0 Å². The normalized spacial score (nSPS) is 21.3. The number of aryl methyl sites for hydroxylation is 1. The number of hydrogen-bond donors (Lipinski definition) is 2. The number of nitrogens with zero attached hydrogens (tertiary/aromatic N) is 2. The zero-order valence-electron chi connectivity index (χ0n) is 14.3. The summed E-state index contributed by atoms with van der Waals surface area (Å²) in [6, 6.07) is 1.84. The summed E-state index contributed by atoms with van der Waals surface area (Å²) >= 11 is 0. The number of anilines is 2. The van der Waals surface area contributed by atoms with E-state index in [1.807, 2.05) is 0 Å². The van der Waals surface area contributed by atoms with E-state index in [1.165, 1.54) is 6.20 Å². The Bertz CT molecular complexity index is 600. The fourth-order valence-corrected chi connectivity index (χ4v) is 3.07. The Morgan fingerprint density at radius 3 is 2.70 bits per heavy atom. The van der Waals surface area contributed by atoms with E-state index in [-0.39, 0.29) is 6.04 Å². The fraction of sp³-hybridized carbons (Fsp3) is 0.588. The van der Waals surface area contributed by atoms with Crippen LogP contribution in [-0.4, -0.2) is 34.3 Å². The smallest absolute Gasteiger partial charge is 0.313 e. The average molecular weight is 318 g/mol. The highest BCUT2D eigenvalue weighted by molar-refractivity contribution is 6.39. The second-order valence-electron chi connectivity index (χ2n) is 6.83. The van der Waals surface area contributed by atoms with Crippen molar-refractivity contribution in [3.8, 4) is 0 Å². The monoisotopic (exact) mass is 318 g/mol. The highest BCUT2D eigenvalue weighted by atomic mass is 16.2. The van der Waals surface area contributed by atoms with E-state index >= 15 is 0 Å². The van der Waals surface area contributed by atoms with Gasteiger partial charge >= 0.3 is 11.8 Å². The number of carbonyl (C=O) groups excluding carboxylic acids is 2. The minimum atomic E-state index is -0.615. The van der Waals surface area contributed by atoms with Crippen LogP contribution in [0.4, 0.5) is 11.5 Å². The molecule has 6 heteroatoms. The third-order valence-electron chi connectivity index (χ3n) is 4.47. The van der Waals surface area contributed by atoms with Gasteiger partial charge in [-0.05, 0) is 43.2 Å². The molecule has 2 amide bonds. The molecule has 0 aliphatic carbocycles. The Hall–Kier alpha value is -2.11. The van der Waals surface area contributed by atoms with Crippen LogP contribution in [0.5, 0.6) is 0 Å². The number of aromatic nitrogens is 1. The second kappa shape index (κ2) is 6.98. The molecule has 0 unspecified atom stereocenters. The van der Waals surface area contributed by atoms with Crippen molar-refractivity contribution in [1.82, 2.24) is 9.88 Å². The molecule has 2 heterocycles. The molecule has 1 aromatic rings. The van der Waals surface area contributed by atoms with Gasteiger partial charge in [-0.2, -0.15) is 0 Å². The SMILES string of the molecule is Cc1cc(NC(=O)C(=O)N2C[C@H](C)CC[C@H]2C(C)C)cnc1N. The molecular weight excluding hydrogens is 292 g/mol. The molecule has 3 N–H and O–H groups in total. The lowest BCUT2D eigenvalue weighted by atomic mass is 9.88. The Labute approximate surface area is 137 Å². The van der Waals surface area contributed by atoms with E-state index in [1.54, 1.807) is 17.9 Å². The summed E-state index contributed by atoms with van der Waals surface area (Å²) < 4.78 is 0. The molecule has 23 heavy (non-hydrogen) atoms. The molecule has 2 rings (SSSR count). The quantitative estimate of drug-likeness (QED) is 0.818. The first-order valence-electron chi connectivity index (χ1n) is 8.13. The first-order valence-corrected chi connectivity index (χ1v) is 8.13. The number of nitrogens with two attached hydrogens (primary N) is 1. The van der Waals surface area contributed by atoms with Gasteiger partial charge in [-0.25, -0.2) is 4.98 Å². The predicted octanol–water partition coefficient (Wildman–Crippen LogP) is 2.19. The summed E-state index contributed by atoms with van der Waals surface area (Å²) in [4.78, 5) is 30.6. The second-order valence-corrected chi connectivity index (χ2v) is 6.83. The zero-order valence-corrected chi connectivity index (χ0v) is 14.3. The van der Waals surface area contributed by atoms with Crippen LogP contribution in [0.25, 0.3) is 0 Å². The van der Waals surface area contributed by atoms with Crippen LogP contribution in [0.15, 0.2) is 12.3 Å². The van der Waals surface area contributed by atoms with Gasteiger partial charge in [0.15, 0.2) is 0 Å². The number of likely N-dealkylation sites (tertiary alicyclic amines) is 1. The largest absolute Gasteiger partial charge is 0.383 e. The molecule has 2 atom stereocenters. The predicted molar refractivity (Wildman–Crippen MR) is 90.8 cm³/mol. The van der Waals surface area contributed by atoms with E-state index in [9.17, 15) is 9.59 Å². The average Bonchev–Trinajstić information content (AvgIpc) is 2.49. The summed E-state index contributed by atoms with van der Waals surface area (Å²) in [7, 11) is 0. The molecule has 1 aromatic heterocycles. The number of amides is 2. The molecule has 1 aliphatic rings. The van der Waals surface area contributed by atoms with Gasteiger partial charge in [-0.1, -0.05) is 20.8 Å². The maximum atomic E-state index is 12.6. The zero-order chi connectivity index (χ0) is 17.1. The van der Waals surface area contributed by atoms with Crippen molar-refractivity contribution in [1.29, 1.82) is 0 Å². The van der Waals surface area contributed by atoms with Crippen LogP contribution in [0.3, 0.4) is 0 Å². The van der Waals surface area contributed by atoms with Crippen molar-refractivity contribution in [2.24, 2.45) is 11.8 Å². The third kappa shape index (κ3) is 4.00. The summed E-state index contributed by atoms with van der Waals surface area (Å²) in [6.07, 6.45) is 3.50. The number of hydrogen-bond acceptors (Lipinski definition) is 4. The molecule has 1 fully saturated rings. The van der Waals surface area contributed by atoms with Crippen LogP contribution >= 0.6 is 0 Å². The van der Waals surface area contributed by atoms with Gasteiger partial charge in [-0.15, -0.1) is 0 Å². The van der Waals surface area contributed by atoms with E-state index in [2.05, 4.69) is 31.1 Å². The molecule has 0 aromatic carbocycles. The standard InChI is InChI=1S/C17H26N4O2/c1-10(2)14-6-5-11(3)9-21(14)17(23)16(22)20-13-7-12(4)15(18)19-8-13/h7-8,10-11,14H,5-6,9H2,1-4H3,(H2,18,19)(H,20,22)/t11-,14+/m1/s1. The lowest BCUT2D eigenvalue weighted by Crippen LogP contribution is -2.52. The van der Waals surface area contributed by atoms with Gasteiger partial charge in [0.05, 0.1) is 11.9 Å². The topological polar surface area (TPSA) is 88.3 Å². The van der Waals surface area contributed by atoms with Gasteiger partial charge in [0.25, 0.3) is 0 Å². The van der Waals surface area contributed by atoms with Gasteiger partial charge in [-0.3, -0.25) is 9.59 Å². The fourth-order valence-electron chi connectivity index (χ4n) is 3.07.